The fraction of sp³-hybridized carbons (Fsp3) is 0.632. The first-order chi connectivity index (χ1) is 11.9. The van der Waals surface area contributed by atoms with Gasteiger partial charge in [0.2, 0.25) is 5.91 Å². The number of nitrogens with zero attached hydrogens (tertiary/aromatic N) is 1. The smallest absolute Gasteiger partial charge is 0.399 e. The highest BCUT2D eigenvalue weighted by Gasteiger charge is 2.52. The van der Waals surface area contributed by atoms with Crippen molar-refractivity contribution in [3.8, 4) is 0 Å². The minimum Gasteiger partial charge on any atom is -0.399 e. The first-order valence-electron chi connectivity index (χ1n) is 9.01. The molecule has 26 heavy (non-hydrogen) atoms. The number of halogens is 2. The third-order valence-corrected chi connectivity index (χ3v) is 5.72. The number of alkyl halides is 2. The molecule has 0 spiro atoms. The third kappa shape index (κ3) is 3.65. The predicted molar refractivity (Wildman–Crippen MR) is 96.7 cm³/mol. The molecule has 0 bridgehead atoms. The van der Waals surface area contributed by atoms with E-state index in [-0.39, 0.29) is 25.3 Å². The van der Waals surface area contributed by atoms with Crippen molar-refractivity contribution in [1.82, 2.24) is 4.90 Å². The van der Waals surface area contributed by atoms with E-state index in [9.17, 15) is 13.6 Å². The van der Waals surface area contributed by atoms with Gasteiger partial charge >= 0.3 is 7.12 Å². The van der Waals surface area contributed by atoms with E-state index in [0.717, 1.165) is 16.6 Å². The molecule has 0 aliphatic carbocycles. The number of carbonyl (C=O) groups is 1. The van der Waals surface area contributed by atoms with E-state index >= 15 is 0 Å². The van der Waals surface area contributed by atoms with E-state index in [1.165, 1.54) is 4.90 Å². The van der Waals surface area contributed by atoms with E-state index in [2.05, 4.69) is 0 Å². The second-order valence-electron chi connectivity index (χ2n) is 8.38. The number of rotatable bonds is 3. The van der Waals surface area contributed by atoms with E-state index in [1.54, 1.807) is 0 Å². The van der Waals surface area contributed by atoms with Gasteiger partial charge in [0, 0.05) is 13.0 Å². The molecule has 2 fully saturated rings. The van der Waals surface area contributed by atoms with Crippen LogP contribution in [0.25, 0.3) is 0 Å². The fourth-order valence-electron chi connectivity index (χ4n) is 3.32. The quantitative estimate of drug-likeness (QED) is 0.774. The summed E-state index contributed by atoms with van der Waals surface area (Å²) in [6.07, 6.45) is -0.126. The SMILES string of the molecule is Cc1cc(CC(=O)N2CCC(F)(F)C2)ccc1B1OC(C)(C)C(C)(C)O1. The van der Waals surface area contributed by atoms with Crippen LogP contribution in [-0.2, 0) is 20.5 Å². The molecule has 1 amide bonds. The third-order valence-electron chi connectivity index (χ3n) is 5.72. The van der Waals surface area contributed by atoms with Crippen molar-refractivity contribution in [2.45, 2.75) is 64.6 Å². The number of carbonyl (C=O) groups excluding carboxylic acids is 1. The zero-order chi connectivity index (χ0) is 19.3. The summed E-state index contributed by atoms with van der Waals surface area (Å²) >= 11 is 0. The highest BCUT2D eigenvalue weighted by molar-refractivity contribution is 6.62. The standard InChI is InChI=1S/C19H26BF2NO3/c1-13-10-14(11-16(24)23-9-8-19(21,22)12-23)6-7-15(13)20-25-17(2,3)18(4,5)26-20/h6-7,10H,8-9,11-12H2,1-5H3. The van der Waals surface area contributed by atoms with Gasteiger partial charge in [-0.05, 0) is 45.6 Å². The van der Waals surface area contributed by atoms with Gasteiger partial charge in [0.1, 0.15) is 0 Å². The molecule has 142 valence electrons. The second-order valence-corrected chi connectivity index (χ2v) is 8.38. The Morgan fingerprint density at radius 3 is 2.31 bits per heavy atom. The summed E-state index contributed by atoms with van der Waals surface area (Å²) in [5.74, 6) is -3.02. The average Bonchev–Trinajstić information content (AvgIpc) is 2.95. The van der Waals surface area contributed by atoms with Crippen LogP contribution in [0.1, 0.15) is 45.2 Å². The topological polar surface area (TPSA) is 38.8 Å². The molecule has 0 aromatic heterocycles. The van der Waals surface area contributed by atoms with Gasteiger partial charge in [-0.3, -0.25) is 4.79 Å². The zero-order valence-corrected chi connectivity index (χ0v) is 16.1. The van der Waals surface area contributed by atoms with Crippen molar-refractivity contribution in [2.75, 3.05) is 13.1 Å². The van der Waals surface area contributed by atoms with Crippen molar-refractivity contribution in [2.24, 2.45) is 0 Å². The van der Waals surface area contributed by atoms with Gasteiger partial charge in [-0.15, -0.1) is 0 Å². The lowest BCUT2D eigenvalue weighted by Gasteiger charge is -2.32. The van der Waals surface area contributed by atoms with Gasteiger partial charge < -0.3 is 14.2 Å². The largest absolute Gasteiger partial charge is 0.495 e. The van der Waals surface area contributed by atoms with Crippen LogP contribution in [-0.4, -0.2) is 48.1 Å². The van der Waals surface area contributed by atoms with Crippen LogP contribution >= 0.6 is 0 Å². The molecule has 4 nitrogen and oxygen atoms in total. The molecule has 2 aliphatic rings. The Morgan fingerprint density at radius 2 is 1.81 bits per heavy atom. The summed E-state index contributed by atoms with van der Waals surface area (Å²) in [7, 11) is -0.456. The maximum absolute atomic E-state index is 13.3. The molecular weight excluding hydrogens is 339 g/mol. The highest BCUT2D eigenvalue weighted by atomic mass is 19.3. The summed E-state index contributed by atoms with van der Waals surface area (Å²) in [4.78, 5) is 13.5. The van der Waals surface area contributed by atoms with Crippen LogP contribution in [0.5, 0.6) is 0 Å². The van der Waals surface area contributed by atoms with Gasteiger partial charge in [0.15, 0.2) is 0 Å². The number of hydrogen-bond donors (Lipinski definition) is 0. The molecule has 2 saturated heterocycles. The monoisotopic (exact) mass is 365 g/mol. The lowest BCUT2D eigenvalue weighted by Crippen LogP contribution is -2.41. The van der Waals surface area contributed by atoms with Crippen LogP contribution in [0, 0.1) is 6.92 Å². The highest BCUT2D eigenvalue weighted by Crippen LogP contribution is 2.36. The van der Waals surface area contributed by atoms with Gasteiger partial charge in [-0.1, -0.05) is 23.8 Å². The molecule has 1 aromatic carbocycles. The maximum Gasteiger partial charge on any atom is 0.495 e. The number of aryl methyl sites for hydroxylation is 1. The number of hydrogen-bond acceptors (Lipinski definition) is 3. The maximum atomic E-state index is 13.3. The number of likely N-dealkylation sites (tertiary alicyclic amines) is 1. The minimum atomic E-state index is -2.76. The van der Waals surface area contributed by atoms with Gasteiger partial charge in [-0.2, -0.15) is 0 Å². The Balaban J connectivity index is 1.70. The predicted octanol–water partition coefficient (Wildman–Crippen LogP) is 2.70. The Labute approximate surface area is 154 Å². The lowest BCUT2D eigenvalue weighted by atomic mass is 9.75. The van der Waals surface area contributed by atoms with Crippen LogP contribution in [0.3, 0.4) is 0 Å². The van der Waals surface area contributed by atoms with E-state index in [0.29, 0.717) is 0 Å². The molecule has 7 heteroatoms. The van der Waals surface area contributed by atoms with Crippen molar-refractivity contribution >= 4 is 18.5 Å². The number of amides is 1. The molecule has 0 radical (unpaired) electrons. The molecule has 2 heterocycles. The summed E-state index contributed by atoms with van der Waals surface area (Å²) in [6.45, 7) is 9.59. The molecule has 0 atom stereocenters. The van der Waals surface area contributed by atoms with Crippen molar-refractivity contribution in [3.05, 3.63) is 29.3 Å². The minimum absolute atomic E-state index is 0.122. The molecular formula is C19H26BF2NO3. The van der Waals surface area contributed by atoms with E-state index in [4.69, 9.17) is 9.31 Å². The molecule has 0 N–H and O–H groups in total. The molecule has 1 aromatic rings. The zero-order valence-electron chi connectivity index (χ0n) is 16.1. The molecule has 0 saturated carbocycles. The lowest BCUT2D eigenvalue weighted by molar-refractivity contribution is -0.130. The summed E-state index contributed by atoms with van der Waals surface area (Å²) < 4.78 is 38.7. The number of benzene rings is 1. The Morgan fingerprint density at radius 1 is 1.19 bits per heavy atom. The first kappa shape index (κ1) is 19.3. The Hall–Kier alpha value is -1.47. The molecule has 0 unspecified atom stereocenters. The van der Waals surface area contributed by atoms with Crippen LogP contribution < -0.4 is 5.46 Å². The summed E-state index contributed by atoms with van der Waals surface area (Å²) in [5, 5.41) is 0. The van der Waals surface area contributed by atoms with Crippen molar-refractivity contribution in [3.63, 3.8) is 0 Å². The van der Waals surface area contributed by atoms with E-state index in [1.807, 2.05) is 52.8 Å². The fourth-order valence-corrected chi connectivity index (χ4v) is 3.32. The van der Waals surface area contributed by atoms with Crippen LogP contribution in [0.15, 0.2) is 18.2 Å². The summed E-state index contributed by atoms with van der Waals surface area (Å²) in [5.41, 5.74) is 1.86. The molecule has 2 aliphatic heterocycles. The average molecular weight is 365 g/mol. The summed E-state index contributed by atoms with van der Waals surface area (Å²) in [6, 6.07) is 5.66. The van der Waals surface area contributed by atoms with Crippen molar-refractivity contribution < 1.29 is 22.9 Å². The Bertz CT molecular complexity index is 705. The van der Waals surface area contributed by atoms with Gasteiger partial charge in [0.25, 0.3) is 5.92 Å². The van der Waals surface area contributed by atoms with Crippen LogP contribution in [0.4, 0.5) is 8.78 Å². The van der Waals surface area contributed by atoms with Gasteiger partial charge in [-0.25, -0.2) is 8.78 Å². The van der Waals surface area contributed by atoms with E-state index < -0.39 is 30.8 Å². The normalized spacial score (nSPS) is 23.5. The molecule has 3 rings (SSSR count). The van der Waals surface area contributed by atoms with Gasteiger partial charge in [0.05, 0.1) is 24.2 Å². The van der Waals surface area contributed by atoms with Crippen molar-refractivity contribution in [1.29, 1.82) is 0 Å². The first-order valence-corrected chi connectivity index (χ1v) is 9.01. The van der Waals surface area contributed by atoms with Crippen LogP contribution in [0.2, 0.25) is 0 Å². The Kier molecular flexibility index (Phi) is 4.68. The second kappa shape index (κ2) is 6.31.